The van der Waals surface area contributed by atoms with Crippen LogP contribution in [0.1, 0.15) is 29.8 Å². The third kappa shape index (κ3) is 2.52. The second-order valence-electron chi connectivity index (χ2n) is 5.80. The largest absolute Gasteiger partial charge is 0.325 e. The van der Waals surface area contributed by atoms with Crippen molar-refractivity contribution in [3.8, 4) is 0 Å². The molecule has 2 aromatic carbocycles. The normalized spacial score (nSPS) is 15.1. The highest BCUT2D eigenvalue weighted by Crippen LogP contribution is 2.37. The molecule has 1 aliphatic heterocycles. The maximum absolute atomic E-state index is 12.3. The lowest BCUT2D eigenvalue weighted by Crippen LogP contribution is -2.26. The van der Waals surface area contributed by atoms with E-state index in [2.05, 4.69) is 26.6 Å². The van der Waals surface area contributed by atoms with Crippen molar-refractivity contribution in [1.82, 2.24) is 0 Å². The van der Waals surface area contributed by atoms with Crippen molar-refractivity contribution in [3.05, 3.63) is 58.1 Å². The Morgan fingerprint density at radius 2 is 1.95 bits per heavy atom. The van der Waals surface area contributed by atoms with E-state index in [1.165, 1.54) is 0 Å². The van der Waals surface area contributed by atoms with E-state index in [1.807, 2.05) is 44.2 Å². The zero-order valence-electron chi connectivity index (χ0n) is 12.2. The van der Waals surface area contributed by atoms with E-state index < -0.39 is 5.41 Å². The van der Waals surface area contributed by atoms with Crippen molar-refractivity contribution < 1.29 is 9.59 Å². The number of hydrogen-bond donors (Lipinski definition) is 2. The number of nitrogens with one attached hydrogen (secondary N) is 2. The Labute approximate surface area is 137 Å². The molecule has 0 aromatic heterocycles. The van der Waals surface area contributed by atoms with E-state index in [-0.39, 0.29) is 11.8 Å². The summed E-state index contributed by atoms with van der Waals surface area (Å²) in [5.74, 6) is -0.257. The number of benzene rings is 2. The van der Waals surface area contributed by atoms with Gasteiger partial charge in [0.2, 0.25) is 5.91 Å². The summed E-state index contributed by atoms with van der Waals surface area (Å²) in [6.45, 7) is 3.74. The second-order valence-corrected chi connectivity index (χ2v) is 6.72. The van der Waals surface area contributed by atoms with Gasteiger partial charge in [-0.25, -0.2) is 0 Å². The molecule has 0 unspecified atom stereocenters. The first-order valence-electron chi connectivity index (χ1n) is 6.91. The third-order valence-corrected chi connectivity index (χ3v) is 4.35. The molecule has 0 saturated carbocycles. The molecular weight excluding hydrogens is 344 g/mol. The van der Waals surface area contributed by atoms with Crippen LogP contribution >= 0.6 is 15.9 Å². The van der Waals surface area contributed by atoms with Gasteiger partial charge >= 0.3 is 0 Å². The molecule has 0 fully saturated rings. The van der Waals surface area contributed by atoms with Crippen molar-refractivity contribution in [2.24, 2.45) is 0 Å². The van der Waals surface area contributed by atoms with Gasteiger partial charge in [-0.1, -0.05) is 28.1 Å². The van der Waals surface area contributed by atoms with Crippen LogP contribution in [-0.4, -0.2) is 11.8 Å². The van der Waals surface area contributed by atoms with Crippen LogP contribution in [0.4, 0.5) is 11.4 Å². The van der Waals surface area contributed by atoms with E-state index in [1.54, 1.807) is 12.1 Å². The quantitative estimate of drug-likeness (QED) is 0.854. The molecule has 3 rings (SSSR count). The number of halogens is 1. The van der Waals surface area contributed by atoms with E-state index in [4.69, 9.17) is 0 Å². The minimum Gasteiger partial charge on any atom is -0.325 e. The standard InChI is InChI=1S/C17H15BrN2O2/c1-17(2)13-7-6-10(8-14(13)20-16(17)22)15(21)19-12-5-3-4-11(18)9-12/h3-9H,1-2H3,(H,19,21)(H,20,22). The molecule has 2 aromatic rings. The Hall–Kier alpha value is -2.14. The smallest absolute Gasteiger partial charge is 0.255 e. The van der Waals surface area contributed by atoms with Crippen molar-refractivity contribution in [2.45, 2.75) is 19.3 Å². The molecule has 0 saturated heterocycles. The average molecular weight is 359 g/mol. The topological polar surface area (TPSA) is 58.2 Å². The fourth-order valence-corrected chi connectivity index (χ4v) is 2.90. The minimum absolute atomic E-state index is 0.0490. The summed E-state index contributed by atoms with van der Waals surface area (Å²) < 4.78 is 0.897. The van der Waals surface area contributed by atoms with Crippen LogP contribution in [0.3, 0.4) is 0 Å². The molecule has 22 heavy (non-hydrogen) atoms. The first kappa shape index (κ1) is 14.8. The summed E-state index contributed by atoms with van der Waals surface area (Å²) >= 11 is 3.37. The highest BCUT2D eigenvalue weighted by atomic mass is 79.9. The van der Waals surface area contributed by atoms with Crippen molar-refractivity contribution in [2.75, 3.05) is 10.6 Å². The average Bonchev–Trinajstić information content (AvgIpc) is 2.68. The lowest BCUT2D eigenvalue weighted by atomic mass is 9.86. The number of amides is 2. The van der Waals surface area contributed by atoms with Gasteiger partial charge in [0.15, 0.2) is 0 Å². The summed E-state index contributed by atoms with van der Waals surface area (Å²) in [6.07, 6.45) is 0. The zero-order chi connectivity index (χ0) is 15.9. The fourth-order valence-electron chi connectivity index (χ4n) is 2.50. The first-order chi connectivity index (χ1) is 10.4. The third-order valence-electron chi connectivity index (χ3n) is 3.85. The van der Waals surface area contributed by atoms with Crippen LogP contribution in [0.25, 0.3) is 0 Å². The Kier molecular flexibility index (Phi) is 3.53. The molecule has 4 nitrogen and oxygen atoms in total. The van der Waals surface area contributed by atoms with Crippen LogP contribution < -0.4 is 10.6 Å². The number of hydrogen-bond acceptors (Lipinski definition) is 2. The summed E-state index contributed by atoms with van der Waals surface area (Å²) in [4.78, 5) is 24.3. The number of fused-ring (bicyclic) bond motifs is 1. The molecule has 112 valence electrons. The molecule has 2 N–H and O–H groups in total. The van der Waals surface area contributed by atoms with E-state index in [0.717, 1.165) is 10.0 Å². The maximum atomic E-state index is 12.3. The Morgan fingerprint density at radius 3 is 2.68 bits per heavy atom. The van der Waals surface area contributed by atoms with Crippen molar-refractivity contribution in [1.29, 1.82) is 0 Å². The minimum atomic E-state index is -0.561. The van der Waals surface area contributed by atoms with Crippen LogP contribution in [0.5, 0.6) is 0 Å². The Bertz CT molecular complexity index is 784. The molecule has 0 atom stereocenters. The van der Waals surface area contributed by atoms with Gasteiger partial charge in [-0.2, -0.15) is 0 Å². The lowest BCUT2D eigenvalue weighted by Gasteiger charge is -2.15. The molecule has 5 heteroatoms. The van der Waals surface area contributed by atoms with E-state index in [9.17, 15) is 9.59 Å². The Balaban J connectivity index is 1.86. The summed E-state index contributed by atoms with van der Waals surface area (Å²) in [7, 11) is 0. The van der Waals surface area contributed by atoms with Gasteiger partial charge in [-0.05, 0) is 49.7 Å². The zero-order valence-corrected chi connectivity index (χ0v) is 13.8. The molecule has 0 bridgehead atoms. The fraction of sp³-hybridized carbons (Fsp3) is 0.176. The van der Waals surface area contributed by atoms with Gasteiger partial charge in [0.1, 0.15) is 0 Å². The van der Waals surface area contributed by atoms with Gasteiger partial charge < -0.3 is 10.6 Å². The van der Waals surface area contributed by atoms with E-state index >= 15 is 0 Å². The summed E-state index contributed by atoms with van der Waals surface area (Å²) in [5, 5.41) is 5.67. The second kappa shape index (κ2) is 5.25. The number of carbonyl (C=O) groups is 2. The molecule has 0 radical (unpaired) electrons. The molecule has 2 amide bonds. The van der Waals surface area contributed by atoms with Gasteiger partial charge in [0.25, 0.3) is 5.91 Å². The number of carbonyl (C=O) groups excluding carboxylic acids is 2. The van der Waals surface area contributed by atoms with Gasteiger partial charge in [-0.3, -0.25) is 9.59 Å². The van der Waals surface area contributed by atoms with Crippen LogP contribution in [-0.2, 0) is 10.2 Å². The number of rotatable bonds is 2. The summed E-state index contributed by atoms with van der Waals surface area (Å²) in [5.41, 5.74) is 2.28. The van der Waals surface area contributed by atoms with Gasteiger partial charge in [0.05, 0.1) is 5.41 Å². The summed E-state index contributed by atoms with van der Waals surface area (Å²) in [6, 6.07) is 12.7. The van der Waals surface area contributed by atoms with E-state index in [0.29, 0.717) is 16.9 Å². The Morgan fingerprint density at radius 1 is 1.18 bits per heavy atom. The molecular formula is C17H15BrN2O2. The molecule has 1 heterocycles. The van der Waals surface area contributed by atoms with Gasteiger partial charge in [0, 0.05) is 21.4 Å². The predicted octanol–water partition coefficient (Wildman–Crippen LogP) is 3.93. The maximum Gasteiger partial charge on any atom is 0.255 e. The number of anilines is 2. The monoisotopic (exact) mass is 358 g/mol. The first-order valence-corrected chi connectivity index (χ1v) is 7.70. The van der Waals surface area contributed by atoms with Crippen LogP contribution in [0, 0.1) is 0 Å². The molecule has 1 aliphatic rings. The van der Waals surface area contributed by atoms with Crippen molar-refractivity contribution in [3.63, 3.8) is 0 Å². The van der Waals surface area contributed by atoms with Crippen LogP contribution in [0.2, 0.25) is 0 Å². The predicted molar refractivity (Wildman–Crippen MR) is 90.2 cm³/mol. The lowest BCUT2D eigenvalue weighted by molar-refractivity contribution is -0.119. The van der Waals surface area contributed by atoms with Gasteiger partial charge in [-0.15, -0.1) is 0 Å². The molecule has 0 aliphatic carbocycles. The highest BCUT2D eigenvalue weighted by molar-refractivity contribution is 9.10. The van der Waals surface area contributed by atoms with Crippen molar-refractivity contribution >= 4 is 39.1 Å². The molecule has 0 spiro atoms. The SMILES string of the molecule is CC1(C)C(=O)Nc2cc(C(=O)Nc3cccc(Br)c3)ccc21. The van der Waals surface area contributed by atoms with Crippen LogP contribution in [0.15, 0.2) is 46.9 Å². The highest BCUT2D eigenvalue weighted by Gasteiger charge is 2.38.